The molecule has 5 amide bonds. The molecule has 41 heavy (non-hydrogen) atoms. The number of amides is 5. The molecule has 0 radical (unpaired) electrons. The number of anilines is 1. The van der Waals surface area contributed by atoms with Crippen molar-refractivity contribution in [1.29, 1.82) is 0 Å². The molecule has 14 heteroatoms. The van der Waals surface area contributed by atoms with Crippen molar-refractivity contribution in [1.82, 2.24) is 16.0 Å². The fourth-order valence-electron chi connectivity index (χ4n) is 3.42. The minimum absolute atomic E-state index is 0.182. The molecule has 228 valence electrons. The second-order valence-corrected chi connectivity index (χ2v) is 9.57. The van der Waals surface area contributed by atoms with Gasteiger partial charge in [-0.2, -0.15) is 0 Å². The van der Waals surface area contributed by atoms with Gasteiger partial charge in [-0.1, -0.05) is 31.5 Å². The normalized spacial score (nSPS) is 12.1. The van der Waals surface area contributed by atoms with Gasteiger partial charge in [-0.15, -0.1) is 0 Å². The fraction of sp³-hybridized carbons (Fsp3) is 0.593. The van der Waals surface area contributed by atoms with E-state index in [0.717, 1.165) is 5.56 Å². The van der Waals surface area contributed by atoms with Gasteiger partial charge in [0.25, 0.3) is 0 Å². The van der Waals surface area contributed by atoms with Gasteiger partial charge in [-0.3, -0.25) is 14.4 Å². The molecule has 0 aromatic heterocycles. The summed E-state index contributed by atoms with van der Waals surface area (Å²) in [5.74, 6) is -1.69. The van der Waals surface area contributed by atoms with Gasteiger partial charge in [0.1, 0.15) is 18.7 Å². The monoisotopic (exact) mass is 594 g/mol. The summed E-state index contributed by atoms with van der Waals surface area (Å²) in [6.45, 7) is 7.55. The van der Waals surface area contributed by atoms with E-state index in [2.05, 4.69) is 43.6 Å². The number of carbonyl (C=O) groups is 4. The minimum Gasteiger partial charge on any atom is -0.377 e. The number of hydrogen-bond donors (Lipinski definition) is 5. The van der Waals surface area contributed by atoms with Crippen molar-refractivity contribution >= 4 is 46.8 Å². The summed E-state index contributed by atoms with van der Waals surface area (Å²) in [5, 5.41) is 12.9. The third-order valence-electron chi connectivity index (χ3n) is 5.58. The number of urea groups is 1. The number of aryl methyl sites for hydroxylation is 1. The van der Waals surface area contributed by atoms with Crippen LogP contribution in [0.1, 0.15) is 32.3 Å². The number of nitrogens with zero attached hydrogens (tertiary/aromatic N) is 1. The number of benzene rings is 1. The number of aliphatic imine (C=N–C) groups is 1. The zero-order valence-corrected chi connectivity index (χ0v) is 24.7. The molecule has 2 atom stereocenters. The molecule has 0 heterocycles. The average Bonchev–Trinajstić information content (AvgIpc) is 2.92. The van der Waals surface area contributed by atoms with Crippen LogP contribution in [0.3, 0.4) is 0 Å². The smallest absolute Gasteiger partial charge is 0.312 e. The SMILES string of the molecule is Cc1ccc(NC(=O)[C@H](CCCNC(N)=O)NC(=O)[C@@H](NC(=O)COCCOCCOCCN=C=S)C(C)C)cc1. The number of nitrogens with two attached hydrogens (primary N) is 1. The van der Waals surface area contributed by atoms with Gasteiger partial charge in [0.05, 0.1) is 44.7 Å². The molecule has 1 aromatic carbocycles. The van der Waals surface area contributed by atoms with E-state index in [1.54, 1.807) is 26.0 Å². The van der Waals surface area contributed by atoms with Crippen LogP contribution in [0.25, 0.3) is 0 Å². The maximum absolute atomic E-state index is 13.1. The Morgan fingerprint density at radius 2 is 1.59 bits per heavy atom. The molecule has 0 saturated heterocycles. The lowest BCUT2D eigenvalue weighted by atomic mass is 10.0. The Morgan fingerprint density at radius 1 is 0.951 bits per heavy atom. The highest BCUT2D eigenvalue weighted by molar-refractivity contribution is 7.78. The number of thiocarbonyl (C=S) groups is 1. The van der Waals surface area contributed by atoms with Gasteiger partial charge in [0.2, 0.25) is 17.7 Å². The number of isothiocyanates is 1. The predicted octanol–water partition coefficient (Wildman–Crippen LogP) is 1.16. The lowest BCUT2D eigenvalue weighted by molar-refractivity contribution is -0.134. The summed E-state index contributed by atoms with van der Waals surface area (Å²) in [6.07, 6.45) is 0.621. The molecule has 13 nitrogen and oxygen atoms in total. The van der Waals surface area contributed by atoms with Crippen LogP contribution in [0.4, 0.5) is 10.5 Å². The van der Waals surface area contributed by atoms with Gasteiger partial charge >= 0.3 is 6.03 Å². The first-order chi connectivity index (χ1) is 19.6. The maximum Gasteiger partial charge on any atom is 0.312 e. The van der Waals surface area contributed by atoms with E-state index in [1.807, 2.05) is 19.1 Å². The Morgan fingerprint density at radius 3 is 2.20 bits per heavy atom. The van der Waals surface area contributed by atoms with Crippen molar-refractivity contribution in [3.05, 3.63) is 29.8 Å². The molecule has 6 N–H and O–H groups in total. The predicted molar refractivity (Wildman–Crippen MR) is 158 cm³/mol. The Hall–Kier alpha value is -3.42. The molecule has 0 saturated carbocycles. The lowest BCUT2D eigenvalue weighted by Crippen LogP contribution is -2.55. The van der Waals surface area contributed by atoms with Gasteiger partial charge in [0.15, 0.2) is 0 Å². The lowest BCUT2D eigenvalue weighted by Gasteiger charge is -2.25. The van der Waals surface area contributed by atoms with Crippen LogP contribution < -0.4 is 27.0 Å². The number of nitrogens with one attached hydrogen (secondary N) is 4. The molecule has 1 aromatic rings. The Bertz CT molecular complexity index is 1000. The number of ether oxygens (including phenoxy) is 3. The average molecular weight is 595 g/mol. The molecule has 0 unspecified atom stereocenters. The summed E-state index contributed by atoms with van der Waals surface area (Å²) >= 11 is 4.46. The molecular formula is C27H42N6O7S. The van der Waals surface area contributed by atoms with Crippen LogP contribution in [0, 0.1) is 12.8 Å². The van der Waals surface area contributed by atoms with Crippen LogP contribution in [0.5, 0.6) is 0 Å². The van der Waals surface area contributed by atoms with Crippen molar-refractivity contribution in [2.24, 2.45) is 16.6 Å². The molecule has 0 aliphatic rings. The van der Waals surface area contributed by atoms with Crippen LogP contribution in [-0.4, -0.2) is 93.7 Å². The second kappa shape index (κ2) is 21.3. The number of primary amides is 1. The van der Waals surface area contributed by atoms with Crippen LogP contribution in [0.2, 0.25) is 0 Å². The summed E-state index contributed by atoms with van der Waals surface area (Å²) in [5.41, 5.74) is 6.72. The van der Waals surface area contributed by atoms with E-state index in [0.29, 0.717) is 38.5 Å². The first-order valence-electron chi connectivity index (χ1n) is 13.4. The van der Waals surface area contributed by atoms with E-state index >= 15 is 0 Å². The maximum atomic E-state index is 13.1. The summed E-state index contributed by atoms with van der Waals surface area (Å²) in [4.78, 5) is 53.3. The first-order valence-corrected chi connectivity index (χ1v) is 13.8. The van der Waals surface area contributed by atoms with Crippen LogP contribution >= 0.6 is 12.2 Å². The first kappa shape index (κ1) is 35.6. The molecule has 1 rings (SSSR count). The minimum atomic E-state index is -0.915. The Kier molecular flexibility index (Phi) is 18.5. The number of hydrogen-bond acceptors (Lipinski definition) is 9. The molecular weight excluding hydrogens is 552 g/mol. The van der Waals surface area contributed by atoms with Gasteiger partial charge in [-0.25, -0.2) is 9.79 Å². The highest BCUT2D eigenvalue weighted by Gasteiger charge is 2.28. The molecule has 0 bridgehead atoms. The second-order valence-electron chi connectivity index (χ2n) is 9.39. The highest BCUT2D eigenvalue weighted by atomic mass is 32.1. The quantitative estimate of drug-likeness (QED) is 0.0798. The van der Waals surface area contributed by atoms with Crippen molar-refractivity contribution < 1.29 is 33.4 Å². The zero-order valence-electron chi connectivity index (χ0n) is 23.9. The highest BCUT2D eigenvalue weighted by Crippen LogP contribution is 2.11. The molecule has 0 aliphatic heterocycles. The van der Waals surface area contributed by atoms with E-state index in [4.69, 9.17) is 19.9 Å². The molecule has 0 aliphatic carbocycles. The Balaban J connectivity index is 2.57. The van der Waals surface area contributed by atoms with Crippen molar-refractivity contribution in [3.8, 4) is 0 Å². The molecule has 0 fully saturated rings. The largest absolute Gasteiger partial charge is 0.377 e. The van der Waals surface area contributed by atoms with Crippen molar-refractivity contribution in [2.45, 2.75) is 45.7 Å². The van der Waals surface area contributed by atoms with Gasteiger partial charge in [-0.05, 0) is 50.0 Å². The zero-order chi connectivity index (χ0) is 30.5. The number of rotatable bonds is 21. The summed E-state index contributed by atoms with van der Waals surface area (Å²) < 4.78 is 16.0. The summed E-state index contributed by atoms with van der Waals surface area (Å²) in [7, 11) is 0. The fourth-order valence-corrected chi connectivity index (χ4v) is 3.52. The van der Waals surface area contributed by atoms with Crippen LogP contribution in [-0.2, 0) is 28.6 Å². The molecule has 0 spiro atoms. The van der Waals surface area contributed by atoms with Gasteiger partial charge in [0, 0.05) is 12.2 Å². The van der Waals surface area contributed by atoms with E-state index in [-0.39, 0.29) is 38.7 Å². The number of carbonyl (C=O) groups excluding carboxylic acids is 4. The van der Waals surface area contributed by atoms with Gasteiger partial charge < -0.3 is 41.2 Å². The third kappa shape index (κ3) is 17.1. The topological polar surface area (TPSA) is 182 Å². The standard InChI is InChI=1S/C27H42N6O7S/c1-19(2)24(33-23(34)17-40-16-15-39-14-13-38-12-11-29-18-41)26(36)32-22(5-4-10-30-27(28)37)25(35)31-21-8-6-20(3)7-9-21/h6-9,19,22,24H,4-5,10-17H2,1-3H3,(H,31,35)(H,32,36)(H,33,34)(H3,28,30,37)/t22-,24-/m0/s1. The van der Waals surface area contributed by atoms with Crippen LogP contribution in [0.15, 0.2) is 29.3 Å². The van der Waals surface area contributed by atoms with E-state index < -0.39 is 35.8 Å². The third-order valence-corrected chi connectivity index (χ3v) is 5.70. The van der Waals surface area contributed by atoms with E-state index in [9.17, 15) is 19.2 Å². The summed E-state index contributed by atoms with van der Waals surface area (Å²) in [6, 6.07) is 4.74. The van der Waals surface area contributed by atoms with Crippen molar-refractivity contribution in [2.75, 3.05) is 58.0 Å². The van der Waals surface area contributed by atoms with E-state index in [1.165, 1.54) is 0 Å². The Labute approximate surface area is 246 Å². The van der Waals surface area contributed by atoms with Crippen molar-refractivity contribution in [3.63, 3.8) is 0 Å².